The molecule has 92 valence electrons. The predicted octanol–water partition coefficient (Wildman–Crippen LogP) is 3.53. The van der Waals surface area contributed by atoms with Crippen molar-refractivity contribution in [2.45, 2.75) is 39.2 Å². The molecule has 0 saturated carbocycles. The SMILES string of the molecule is CCCCCCN=C=Nc1ccccc1CN. The van der Waals surface area contributed by atoms with E-state index in [4.69, 9.17) is 5.73 Å². The first-order chi connectivity index (χ1) is 8.38. The molecule has 0 saturated heterocycles. The van der Waals surface area contributed by atoms with E-state index in [0.29, 0.717) is 6.54 Å². The molecule has 0 unspecified atom stereocenters. The highest BCUT2D eigenvalue weighted by atomic mass is 14.8. The van der Waals surface area contributed by atoms with Gasteiger partial charge in [0.15, 0.2) is 0 Å². The number of hydrogen-bond donors (Lipinski definition) is 1. The quantitative estimate of drug-likeness (QED) is 0.566. The summed E-state index contributed by atoms with van der Waals surface area (Å²) in [6.07, 6.45) is 4.89. The minimum absolute atomic E-state index is 0.498. The highest BCUT2D eigenvalue weighted by Gasteiger charge is 1.95. The van der Waals surface area contributed by atoms with Gasteiger partial charge in [0.05, 0.1) is 11.7 Å². The molecule has 3 nitrogen and oxygen atoms in total. The number of nitrogens with two attached hydrogens (primary N) is 1. The Balaban J connectivity index is 2.44. The summed E-state index contributed by atoms with van der Waals surface area (Å²) in [7, 11) is 0. The van der Waals surface area contributed by atoms with E-state index in [9.17, 15) is 0 Å². The lowest BCUT2D eigenvalue weighted by molar-refractivity contribution is 0.676. The van der Waals surface area contributed by atoms with Gasteiger partial charge in [-0.1, -0.05) is 44.4 Å². The lowest BCUT2D eigenvalue weighted by Gasteiger charge is -1.98. The number of nitrogens with zero attached hydrogens (tertiary/aromatic N) is 2. The third-order valence-electron chi connectivity index (χ3n) is 2.58. The average molecular weight is 231 g/mol. The molecule has 17 heavy (non-hydrogen) atoms. The minimum atomic E-state index is 0.498. The van der Waals surface area contributed by atoms with E-state index in [1.165, 1.54) is 19.3 Å². The van der Waals surface area contributed by atoms with E-state index >= 15 is 0 Å². The van der Waals surface area contributed by atoms with Crippen LogP contribution in [-0.4, -0.2) is 12.6 Å². The second-order valence-electron chi connectivity index (χ2n) is 3.99. The van der Waals surface area contributed by atoms with Gasteiger partial charge in [0.1, 0.15) is 0 Å². The summed E-state index contributed by atoms with van der Waals surface area (Å²) in [6, 6.07) is 10.6. The summed E-state index contributed by atoms with van der Waals surface area (Å²) < 4.78 is 0. The molecule has 1 rings (SSSR count). The Hall–Kier alpha value is -1.44. The minimum Gasteiger partial charge on any atom is -0.326 e. The Morgan fingerprint density at radius 3 is 2.76 bits per heavy atom. The van der Waals surface area contributed by atoms with Crippen molar-refractivity contribution in [2.75, 3.05) is 6.54 Å². The van der Waals surface area contributed by atoms with Gasteiger partial charge in [0, 0.05) is 13.1 Å². The number of benzene rings is 1. The molecule has 1 aromatic carbocycles. The number of rotatable bonds is 7. The van der Waals surface area contributed by atoms with Crippen LogP contribution < -0.4 is 5.73 Å². The molecule has 2 N–H and O–H groups in total. The first-order valence-electron chi connectivity index (χ1n) is 6.28. The molecule has 0 amide bonds. The lowest BCUT2D eigenvalue weighted by Crippen LogP contribution is -1.95. The third-order valence-corrected chi connectivity index (χ3v) is 2.58. The molecule has 0 fully saturated rings. The highest BCUT2D eigenvalue weighted by molar-refractivity contribution is 5.55. The molecule has 0 aliphatic rings. The van der Waals surface area contributed by atoms with Gasteiger partial charge < -0.3 is 5.73 Å². The molecule has 0 atom stereocenters. The fourth-order valence-corrected chi connectivity index (χ4v) is 1.55. The maximum Gasteiger partial charge on any atom is 0.0949 e. The van der Waals surface area contributed by atoms with E-state index in [1.807, 2.05) is 24.3 Å². The van der Waals surface area contributed by atoms with Crippen molar-refractivity contribution >= 4 is 11.7 Å². The summed E-state index contributed by atoms with van der Waals surface area (Å²) in [4.78, 5) is 8.35. The van der Waals surface area contributed by atoms with E-state index in [2.05, 4.69) is 22.9 Å². The molecule has 0 aromatic heterocycles. The van der Waals surface area contributed by atoms with Gasteiger partial charge in [-0.05, 0) is 18.1 Å². The molecule has 3 heteroatoms. The summed E-state index contributed by atoms with van der Waals surface area (Å²) in [5.41, 5.74) is 7.51. The van der Waals surface area contributed by atoms with Crippen molar-refractivity contribution in [3.63, 3.8) is 0 Å². The summed E-state index contributed by atoms with van der Waals surface area (Å²) >= 11 is 0. The highest BCUT2D eigenvalue weighted by Crippen LogP contribution is 2.16. The van der Waals surface area contributed by atoms with E-state index < -0.39 is 0 Å². The average Bonchev–Trinajstić information content (AvgIpc) is 2.38. The van der Waals surface area contributed by atoms with Crippen molar-refractivity contribution in [1.29, 1.82) is 0 Å². The van der Waals surface area contributed by atoms with Crippen LogP contribution in [0.3, 0.4) is 0 Å². The topological polar surface area (TPSA) is 50.7 Å². The van der Waals surface area contributed by atoms with Gasteiger partial charge in [-0.25, -0.2) is 4.99 Å². The second kappa shape index (κ2) is 8.68. The van der Waals surface area contributed by atoms with Crippen LogP contribution in [0.4, 0.5) is 5.69 Å². The smallest absolute Gasteiger partial charge is 0.0949 e. The van der Waals surface area contributed by atoms with Gasteiger partial charge in [0.2, 0.25) is 0 Å². The van der Waals surface area contributed by atoms with Crippen LogP contribution in [0.5, 0.6) is 0 Å². The Morgan fingerprint density at radius 2 is 2.00 bits per heavy atom. The summed E-state index contributed by atoms with van der Waals surface area (Å²) in [5.74, 6) is 0. The van der Waals surface area contributed by atoms with Gasteiger partial charge in [-0.15, -0.1) is 0 Å². The maximum atomic E-state index is 5.62. The largest absolute Gasteiger partial charge is 0.326 e. The van der Waals surface area contributed by atoms with Crippen LogP contribution in [0.15, 0.2) is 34.3 Å². The van der Waals surface area contributed by atoms with Crippen molar-refractivity contribution in [3.8, 4) is 0 Å². The van der Waals surface area contributed by atoms with Crippen molar-refractivity contribution in [3.05, 3.63) is 29.8 Å². The summed E-state index contributed by atoms with van der Waals surface area (Å²) in [5, 5.41) is 0. The molecular formula is C14H21N3. The maximum absolute atomic E-state index is 5.62. The standard InChI is InChI=1S/C14H21N3/c1-2-3-4-7-10-16-12-17-14-9-6-5-8-13(14)11-15/h5-6,8-9H,2-4,7,10-11,15H2,1H3. The molecule has 1 aromatic rings. The fraction of sp³-hybridized carbons (Fsp3) is 0.500. The van der Waals surface area contributed by atoms with Crippen molar-refractivity contribution in [1.82, 2.24) is 0 Å². The zero-order valence-corrected chi connectivity index (χ0v) is 10.5. The molecule has 0 heterocycles. The lowest BCUT2D eigenvalue weighted by atomic mass is 10.2. The molecule has 0 aliphatic heterocycles. The zero-order valence-electron chi connectivity index (χ0n) is 10.5. The second-order valence-corrected chi connectivity index (χ2v) is 3.99. The Labute approximate surface area is 103 Å². The van der Waals surface area contributed by atoms with Crippen LogP contribution >= 0.6 is 0 Å². The fourth-order valence-electron chi connectivity index (χ4n) is 1.55. The normalized spacial score (nSPS) is 9.76. The number of para-hydroxylation sites is 1. The number of aliphatic imine (C=N–C) groups is 2. The monoisotopic (exact) mass is 231 g/mol. The van der Waals surface area contributed by atoms with E-state index in [0.717, 1.165) is 24.2 Å². The van der Waals surface area contributed by atoms with Crippen LogP contribution in [0.1, 0.15) is 38.2 Å². The van der Waals surface area contributed by atoms with E-state index in [-0.39, 0.29) is 0 Å². The van der Waals surface area contributed by atoms with Gasteiger partial charge in [0.25, 0.3) is 0 Å². The molecular weight excluding hydrogens is 210 g/mol. The Kier molecular flexibility index (Phi) is 6.96. The summed E-state index contributed by atoms with van der Waals surface area (Å²) in [6.45, 7) is 3.51. The molecule has 0 spiro atoms. The van der Waals surface area contributed by atoms with Crippen LogP contribution in [0, 0.1) is 0 Å². The van der Waals surface area contributed by atoms with Crippen molar-refractivity contribution < 1.29 is 0 Å². The van der Waals surface area contributed by atoms with Gasteiger partial charge in [-0.2, -0.15) is 4.99 Å². The van der Waals surface area contributed by atoms with E-state index in [1.54, 1.807) is 0 Å². The number of unbranched alkanes of at least 4 members (excludes halogenated alkanes) is 3. The first-order valence-corrected chi connectivity index (χ1v) is 6.28. The van der Waals surface area contributed by atoms with Gasteiger partial charge in [-0.3, -0.25) is 0 Å². The molecule has 0 aliphatic carbocycles. The third kappa shape index (κ3) is 5.43. The zero-order chi connectivity index (χ0) is 12.3. The Bertz CT molecular complexity index is 379. The van der Waals surface area contributed by atoms with Crippen LogP contribution in [0.2, 0.25) is 0 Å². The molecule has 0 bridgehead atoms. The van der Waals surface area contributed by atoms with Crippen LogP contribution in [-0.2, 0) is 6.54 Å². The molecule has 0 radical (unpaired) electrons. The first kappa shape index (κ1) is 13.6. The number of hydrogen-bond acceptors (Lipinski definition) is 3. The van der Waals surface area contributed by atoms with Crippen LogP contribution in [0.25, 0.3) is 0 Å². The van der Waals surface area contributed by atoms with Gasteiger partial charge >= 0.3 is 0 Å². The Morgan fingerprint density at radius 1 is 1.18 bits per heavy atom. The predicted molar refractivity (Wildman–Crippen MR) is 72.9 cm³/mol. The van der Waals surface area contributed by atoms with Crippen molar-refractivity contribution in [2.24, 2.45) is 15.7 Å².